The summed E-state index contributed by atoms with van der Waals surface area (Å²) in [5, 5.41) is 4.59. The fraction of sp³-hybridized carbons (Fsp3) is 0.421. The Balaban J connectivity index is 1.68. The molecule has 0 aromatic carbocycles. The van der Waals surface area contributed by atoms with E-state index < -0.39 is 6.03 Å². The predicted octanol–water partition coefficient (Wildman–Crippen LogP) is 1.86. The number of hydrogen-bond donors (Lipinski definition) is 2. The van der Waals surface area contributed by atoms with Crippen LogP contribution in [0.2, 0.25) is 0 Å². The monoisotopic (exact) mass is 381 g/mol. The van der Waals surface area contributed by atoms with Crippen molar-refractivity contribution in [2.24, 2.45) is 11.7 Å². The number of anilines is 1. The highest BCUT2D eigenvalue weighted by atomic mass is 16.5. The van der Waals surface area contributed by atoms with Crippen molar-refractivity contribution in [2.75, 3.05) is 31.6 Å². The van der Waals surface area contributed by atoms with Gasteiger partial charge in [-0.15, -0.1) is 0 Å². The van der Waals surface area contributed by atoms with Crippen LogP contribution >= 0.6 is 0 Å². The number of methoxy groups -OCH3 is 1. The molecular weight excluding hydrogens is 358 g/mol. The highest BCUT2D eigenvalue weighted by Crippen LogP contribution is 2.31. The van der Waals surface area contributed by atoms with Crippen molar-refractivity contribution >= 4 is 33.8 Å². The Hall–Kier alpha value is -3.23. The molecule has 1 unspecified atom stereocenters. The summed E-state index contributed by atoms with van der Waals surface area (Å²) in [6.07, 6.45) is 6.33. The van der Waals surface area contributed by atoms with Gasteiger partial charge in [0.15, 0.2) is 5.65 Å². The van der Waals surface area contributed by atoms with E-state index in [0.717, 1.165) is 54.5 Å². The average molecular weight is 381 g/mol. The molecule has 0 bridgehead atoms. The summed E-state index contributed by atoms with van der Waals surface area (Å²) >= 11 is 0. The Morgan fingerprint density at radius 1 is 1.29 bits per heavy atom. The highest BCUT2D eigenvalue weighted by Gasteiger charge is 2.21. The molecule has 2 amide bonds. The maximum absolute atomic E-state index is 11.0. The van der Waals surface area contributed by atoms with Gasteiger partial charge in [0.25, 0.3) is 0 Å². The SMILES string of the molecule is COc1ccc2c(ncc3ncnc(N4CCCC(CNC(N)=O)CC4)c32)n1. The summed E-state index contributed by atoms with van der Waals surface area (Å²) in [6.45, 7) is 2.36. The third kappa shape index (κ3) is 3.60. The molecule has 9 nitrogen and oxygen atoms in total. The van der Waals surface area contributed by atoms with Gasteiger partial charge in [-0.05, 0) is 31.2 Å². The fourth-order valence-electron chi connectivity index (χ4n) is 3.77. The summed E-state index contributed by atoms with van der Waals surface area (Å²) < 4.78 is 5.22. The topological polar surface area (TPSA) is 119 Å². The quantitative estimate of drug-likeness (QED) is 0.662. The van der Waals surface area contributed by atoms with Crippen LogP contribution in [0.15, 0.2) is 24.7 Å². The summed E-state index contributed by atoms with van der Waals surface area (Å²) in [7, 11) is 1.59. The molecule has 146 valence electrons. The minimum atomic E-state index is -0.468. The molecule has 3 N–H and O–H groups in total. The second-order valence-corrected chi connectivity index (χ2v) is 6.97. The zero-order valence-corrected chi connectivity index (χ0v) is 15.8. The van der Waals surface area contributed by atoms with Gasteiger partial charge in [0.2, 0.25) is 5.88 Å². The van der Waals surface area contributed by atoms with Crippen molar-refractivity contribution in [2.45, 2.75) is 19.3 Å². The van der Waals surface area contributed by atoms with E-state index in [9.17, 15) is 4.79 Å². The van der Waals surface area contributed by atoms with E-state index in [0.29, 0.717) is 24.0 Å². The number of hydrogen-bond acceptors (Lipinski definition) is 7. The lowest BCUT2D eigenvalue weighted by Gasteiger charge is -2.23. The van der Waals surface area contributed by atoms with Crippen molar-refractivity contribution in [3.63, 3.8) is 0 Å². The van der Waals surface area contributed by atoms with E-state index in [4.69, 9.17) is 10.5 Å². The lowest BCUT2D eigenvalue weighted by atomic mass is 10.0. The van der Waals surface area contributed by atoms with E-state index in [-0.39, 0.29) is 0 Å². The number of aromatic nitrogens is 4. The van der Waals surface area contributed by atoms with Gasteiger partial charge in [-0.3, -0.25) is 0 Å². The van der Waals surface area contributed by atoms with Crippen LogP contribution in [0.25, 0.3) is 21.9 Å². The zero-order valence-electron chi connectivity index (χ0n) is 15.8. The second kappa shape index (κ2) is 7.79. The number of carbonyl (C=O) groups excluding carboxylic acids is 1. The Morgan fingerprint density at radius 2 is 2.18 bits per heavy atom. The normalized spacial score (nSPS) is 17.5. The van der Waals surface area contributed by atoms with Crippen LogP contribution in [-0.4, -0.2) is 52.7 Å². The molecule has 9 heteroatoms. The lowest BCUT2D eigenvalue weighted by Crippen LogP contribution is -2.34. The Kier molecular flexibility index (Phi) is 5.05. The fourth-order valence-corrected chi connectivity index (χ4v) is 3.77. The smallest absolute Gasteiger partial charge is 0.312 e. The molecule has 1 aliphatic rings. The molecule has 0 spiro atoms. The first-order valence-corrected chi connectivity index (χ1v) is 9.38. The van der Waals surface area contributed by atoms with Crippen LogP contribution < -0.4 is 20.7 Å². The standard InChI is InChI=1S/C19H23N7O2/c1-28-15-5-4-13-16-14(10-21-17(13)25-15)23-11-24-18(16)26-7-2-3-12(6-8-26)9-22-19(20)27/h4-5,10-12H,2-3,6-9H2,1H3,(H3,20,22,27). The van der Waals surface area contributed by atoms with Gasteiger partial charge in [0.05, 0.1) is 24.2 Å². The first-order chi connectivity index (χ1) is 13.7. The van der Waals surface area contributed by atoms with Crippen LogP contribution in [0.1, 0.15) is 19.3 Å². The van der Waals surface area contributed by atoms with Crippen LogP contribution in [0.5, 0.6) is 5.88 Å². The van der Waals surface area contributed by atoms with Crippen molar-refractivity contribution in [3.8, 4) is 5.88 Å². The van der Waals surface area contributed by atoms with Gasteiger partial charge in [0, 0.05) is 31.1 Å². The first kappa shape index (κ1) is 18.1. The number of pyridine rings is 2. The second-order valence-electron chi connectivity index (χ2n) is 6.97. The maximum atomic E-state index is 11.0. The molecule has 28 heavy (non-hydrogen) atoms. The highest BCUT2D eigenvalue weighted by molar-refractivity contribution is 6.08. The number of nitrogens with one attached hydrogen (secondary N) is 1. The number of rotatable bonds is 4. The van der Waals surface area contributed by atoms with Crippen molar-refractivity contribution < 1.29 is 9.53 Å². The lowest BCUT2D eigenvalue weighted by molar-refractivity contribution is 0.246. The largest absolute Gasteiger partial charge is 0.481 e. The van der Waals surface area contributed by atoms with Crippen molar-refractivity contribution in [1.29, 1.82) is 0 Å². The van der Waals surface area contributed by atoms with Crippen LogP contribution in [0, 0.1) is 5.92 Å². The minimum Gasteiger partial charge on any atom is -0.481 e. The van der Waals surface area contributed by atoms with Gasteiger partial charge in [-0.2, -0.15) is 4.98 Å². The molecule has 1 aliphatic heterocycles. The summed E-state index contributed by atoms with van der Waals surface area (Å²) in [4.78, 5) is 31.1. The molecule has 3 aromatic heterocycles. The average Bonchev–Trinajstić information content (AvgIpc) is 2.96. The molecule has 1 saturated heterocycles. The molecule has 1 fully saturated rings. The van der Waals surface area contributed by atoms with Crippen LogP contribution in [-0.2, 0) is 0 Å². The number of ether oxygens (including phenoxy) is 1. The molecule has 1 atom stereocenters. The summed E-state index contributed by atoms with van der Waals surface area (Å²) in [6, 6.07) is 3.32. The van der Waals surface area contributed by atoms with E-state index >= 15 is 0 Å². The molecule has 4 rings (SSSR count). The van der Waals surface area contributed by atoms with Crippen molar-refractivity contribution in [3.05, 3.63) is 24.7 Å². The molecular formula is C19H23N7O2. The Labute approximate surface area is 162 Å². The molecule has 4 heterocycles. The van der Waals surface area contributed by atoms with E-state index in [1.165, 1.54) is 0 Å². The number of fused-ring (bicyclic) bond motifs is 3. The molecule has 3 aromatic rings. The molecule has 0 aliphatic carbocycles. The number of urea groups is 1. The van der Waals surface area contributed by atoms with Gasteiger partial charge in [-0.25, -0.2) is 19.7 Å². The van der Waals surface area contributed by atoms with Crippen molar-refractivity contribution in [1.82, 2.24) is 25.3 Å². The number of amides is 2. The first-order valence-electron chi connectivity index (χ1n) is 9.38. The van der Waals surface area contributed by atoms with Crippen LogP contribution in [0.3, 0.4) is 0 Å². The van der Waals surface area contributed by atoms with Gasteiger partial charge in [-0.1, -0.05) is 0 Å². The minimum absolute atomic E-state index is 0.412. The number of nitrogens with two attached hydrogens (primary N) is 1. The van der Waals surface area contributed by atoms with Crippen LogP contribution in [0.4, 0.5) is 10.6 Å². The van der Waals surface area contributed by atoms with Gasteiger partial charge in [0.1, 0.15) is 12.1 Å². The van der Waals surface area contributed by atoms with E-state index in [2.05, 4.69) is 30.2 Å². The number of nitrogens with zero attached hydrogens (tertiary/aromatic N) is 5. The van der Waals surface area contributed by atoms with Gasteiger partial charge >= 0.3 is 6.03 Å². The molecule has 0 radical (unpaired) electrons. The Bertz CT molecular complexity index is 1010. The third-order valence-electron chi connectivity index (χ3n) is 5.21. The predicted molar refractivity (Wildman–Crippen MR) is 106 cm³/mol. The third-order valence-corrected chi connectivity index (χ3v) is 5.21. The molecule has 0 saturated carbocycles. The number of primary amides is 1. The van der Waals surface area contributed by atoms with Gasteiger partial charge < -0.3 is 20.7 Å². The van der Waals surface area contributed by atoms with E-state index in [1.54, 1.807) is 19.6 Å². The Morgan fingerprint density at radius 3 is 3.00 bits per heavy atom. The zero-order chi connectivity index (χ0) is 19.5. The number of carbonyl (C=O) groups is 1. The summed E-state index contributed by atoms with van der Waals surface area (Å²) in [5.74, 6) is 1.83. The summed E-state index contributed by atoms with van der Waals surface area (Å²) in [5.41, 5.74) is 6.61. The maximum Gasteiger partial charge on any atom is 0.312 e. The van der Waals surface area contributed by atoms with E-state index in [1.807, 2.05) is 12.1 Å².